The van der Waals surface area contributed by atoms with Crippen LogP contribution in [-0.4, -0.2) is 37.5 Å². The third kappa shape index (κ3) is 3.57. The van der Waals surface area contributed by atoms with Crippen molar-refractivity contribution < 1.29 is 9.21 Å². The molecule has 0 fully saturated rings. The summed E-state index contributed by atoms with van der Waals surface area (Å²) in [5.41, 5.74) is 6.09. The highest BCUT2D eigenvalue weighted by molar-refractivity contribution is 5.77. The number of hydrogen-bond acceptors (Lipinski definition) is 4. The van der Waals surface area contributed by atoms with Gasteiger partial charge in [-0.25, -0.2) is 0 Å². The van der Waals surface area contributed by atoms with Crippen LogP contribution in [0.5, 0.6) is 0 Å². The standard InChI is InChI=1S/C12H21N3O2/c1-4-9(13)12(10-6-5-7-17-10)15(3)8-11(16)14-2/h5-7,9,12H,4,8,13H2,1-3H3,(H,14,16). The van der Waals surface area contributed by atoms with E-state index in [1.807, 2.05) is 31.0 Å². The SMILES string of the molecule is CCC(N)C(c1ccco1)N(C)CC(=O)NC. The first kappa shape index (κ1) is 13.7. The molecule has 96 valence electrons. The first-order valence-corrected chi connectivity index (χ1v) is 5.80. The average molecular weight is 239 g/mol. The van der Waals surface area contributed by atoms with Gasteiger partial charge in [-0.2, -0.15) is 0 Å². The molecule has 0 aliphatic heterocycles. The van der Waals surface area contributed by atoms with Crippen LogP contribution in [0.1, 0.15) is 25.1 Å². The number of amides is 1. The molecular formula is C12H21N3O2. The molecule has 1 aromatic rings. The van der Waals surface area contributed by atoms with Gasteiger partial charge in [0.05, 0.1) is 18.8 Å². The molecule has 1 heterocycles. The Labute approximate surface area is 102 Å². The molecular weight excluding hydrogens is 218 g/mol. The fraction of sp³-hybridized carbons (Fsp3) is 0.583. The Morgan fingerprint density at radius 1 is 1.65 bits per heavy atom. The lowest BCUT2D eigenvalue weighted by Crippen LogP contribution is -2.42. The lowest BCUT2D eigenvalue weighted by atomic mass is 10.0. The fourth-order valence-electron chi connectivity index (χ4n) is 1.84. The first-order valence-electron chi connectivity index (χ1n) is 5.80. The zero-order valence-corrected chi connectivity index (χ0v) is 10.6. The Balaban J connectivity index is 2.80. The number of rotatable bonds is 6. The molecule has 0 bridgehead atoms. The number of carbonyl (C=O) groups is 1. The monoisotopic (exact) mass is 239 g/mol. The van der Waals surface area contributed by atoms with E-state index in [0.717, 1.165) is 12.2 Å². The van der Waals surface area contributed by atoms with Gasteiger partial charge in [-0.3, -0.25) is 9.69 Å². The second kappa shape index (κ2) is 6.42. The quantitative estimate of drug-likeness (QED) is 0.768. The van der Waals surface area contributed by atoms with Crippen molar-refractivity contribution in [1.29, 1.82) is 0 Å². The number of nitrogens with two attached hydrogens (primary N) is 1. The minimum absolute atomic E-state index is 0.0349. The molecule has 2 unspecified atom stereocenters. The van der Waals surface area contributed by atoms with E-state index in [1.165, 1.54) is 0 Å². The predicted octanol–water partition coefficient (Wildman–Crippen LogP) is 0.736. The minimum atomic E-state index is -0.0766. The van der Waals surface area contributed by atoms with Crippen molar-refractivity contribution in [1.82, 2.24) is 10.2 Å². The summed E-state index contributed by atoms with van der Waals surface area (Å²) in [4.78, 5) is 13.3. The van der Waals surface area contributed by atoms with Gasteiger partial charge >= 0.3 is 0 Å². The largest absolute Gasteiger partial charge is 0.468 e. The number of likely N-dealkylation sites (N-methyl/N-ethyl adjacent to an activating group) is 2. The zero-order valence-electron chi connectivity index (χ0n) is 10.6. The van der Waals surface area contributed by atoms with Gasteiger partial charge in [0.1, 0.15) is 5.76 Å². The van der Waals surface area contributed by atoms with Gasteiger partial charge in [0.25, 0.3) is 0 Å². The van der Waals surface area contributed by atoms with Crippen molar-refractivity contribution in [2.45, 2.75) is 25.4 Å². The Hall–Kier alpha value is -1.33. The smallest absolute Gasteiger partial charge is 0.233 e. The molecule has 3 N–H and O–H groups in total. The molecule has 5 nitrogen and oxygen atoms in total. The van der Waals surface area contributed by atoms with Crippen molar-refractivity contribution in [3.8, 4) is 0 Å². The highest BCUT2D eigenvalue weighted by atomic mass is 16.3. The summed E-state index contributed by atoms with van der Waals surface area (Å²) in [5, 5.41) is 2.60. The molecule has 1 aromatic heterocycles. The first-order chi connectivity index (χ1) is 8.10. The zero-order chi connectivity index (χ0) is 12.8. The van der Waals surface area contributed by atoms with Crippen LogP contribution in [0.3, 0.4) is 0 Å². The Morgan fingerprint density at radius 2 is 2.35 bits per heavy atom. The summed E-state index contributed by atoms with van der Waals surface area (Å²) >= 11 is 0. The van der Waals surface area contributed by atoms with Crippen molar-refractivity contribution in [2.75, 3.05) is 20.6 Å². The molecule has 0 radical (unpaired) electrons. The average Bonchev–Trinajstić information content (AvgIpc) is 2.82. The number of furan rings is 1. The van der Waals surface area contributed by atoms with Crippen LogP contribution in [-0.2, 0) is 4.79 Å². The second-order valence-electron chi connectivity index (χ2n) is 4.12. The third-order valence-electron chi connectivity index (χ3n) is 2.86. The van der Waals surface area contributed by atoms with Crippen LogP contribution in [0.2, 0.25) is 0 Å². The number of hydrogen-bond donors (Lipinski definition) is 2. The van der Waals surface area contributed by atoms with Gasteiger partial charge in [-0.15, -0.1) is 0 Å². The molecule has 2 atom stereocenters. The second-order valence-corrected chi connectivity index (χ2v) is 4.12. The summed E-state index contributed by atoms with van der Waals surface area (Å²) in [6, 6.07) is 3.59. The van der Waals surface area contributed by atoms with Crippen LogP contribution in [0.25, 0.3) is 0 Å². The number of nitrogens with zero attached hydrogens (tertiary/aromatic N) is 1. The summed E-state index contributed by atoms with van der Waals surface area (Å²) in [6.07, 6.45) is 2.45. The molecule has 1 rings (SSSR count). The fourth-order valence-corrected chi connectivity index (χ4v) is 1.84. The van der Waals surface area contributed by atoms with E-state index in [-0.39, 0.29) is 18.0 Å². The molecule has 17 heavy (non-hydrogen) atoms. The van der Waals surface area contributed by atoms with Crippen LogP contribution >= 0.6 is 0 Å². The van der Waals surface area contributed by atoms with Crippen LogP contribution in [0.15, 0.2) is 22.8 Å². The Bertz CT molecular complexity index is 338. The molecule has 0 aliphatic rings. The highest BCUT2D eigenvalue weighted by Gasteiger charge is 2.26. The van der Waals surface area contributed by atoms with Gasteiger partial charge in [0, 0.05) is 13.1 Å². The Morgan fingerprint density at radius 3 is 2.82 bits per heavy atom. The van der Waals surface area contributed by atoms with E-state index >= 15 is 0 Å². The topological polar surface area (TPSA) is 71.5 Å². The van der Waals surface area contributed by atoms with E-state index in [2.05, 4.69) is 5.32 Å². The van der Waals surface area contributed by atoms with E-state index < -0.39 is 0 Å². The van der Waals surface area contributed by atoms with E-state index in [1.54, 1.807) is 13.3 Å². The summed E-state index contributed by atoms with van der Waals surface area (Å²) in [5.74, 6) is 0.762. The summed E-state index contributed by atoms with van der Waals surface area (Å²) in [6.45, 7) is 2.32. The predicted molar refractivity (Wildman–Crippen MR) is 66.4 cm³/mol. The molecule has 0 saturated heterocycles. The van der Waals surface area contributed by atoms with Gasteiger partial charge in [-0.05, 0) is 25.6 Å². The van der Waals surface area contributed by atoms with E-state index in [4.69, 9.17) is 10.2 Å². The maximum absolute atomic E-state index is 11.4. The van der Waals surface area contributed by atoms with Gasteiger partial charge in [0.2, 0.25) is 5.91 Å². The van der Waals surface area contributed by atoms with Crippen LogP contribution in [0, 0.1) is 0 Å². The minimum Gasteiger partial charge on any atom is -0.468 e. The maximum Gasteiger partial charge on any atom is 0.233 e. The molecule has 1 amide bonds. The van der Waals surface area contributed by atoms with Crippen molar-refractivity contribution in [3.63, 3.8) is 0 Å². The van der Waals surface area contributed by atoms with Crippen LogP contribution in [0.4, 0.5) is 0 Å². The normalized spacial score (nSPS) is 14.6. The molecule has 5 heteroatoms. The van der Waals surface area contributed by atoms with Crippen LogP contribution < -0.4 is 11.1 Å². The number of nitrogens with one attached hydrogen (secondary N) is 1. The molecule has 0 saturated carbocycles. The third-order valence-corrected chi connectivity index (χ3v) is 2.86. The van der Waals surface area contributed by atoms with E-state index in [9.17, 15) is 4.79 Å². The number of carbonyl (C=O) groups excluding carboxylic acids is 1. The molecule has 0 aromatic carbocycles. The van der Waals surface area contributed by atoms with Crippen molar-refractivity contribution >= 4 is 5.91 Å². The lowest BCUT2D eigenvalue weighted by molar-refractivity contribution is -0.122. The van der Waals surface area contributed by atoms with E-state index in [0.29, 0.717) is 6.54 Å². The summed E-state index contributed by atoms with van der Waals surface area (Å²) in [7, 11) is 3.50. The highest BCUT2D eigenvalue weighted by Crippen LogP contribution is 2.23. The Kier molecular flexibility index (Phi) is 5.18. The van der Waals surface area contributed by atoms with Gasteiger partial charge in [0.15, 0.2) is 0 Å². The molecule has 0 aliphatic carbocycles. The van der Waals surface area contributed by atoms with Gasteiger partial charge < -0.3 is 15.5 Å². The molecule has 0 spiro atoms. The van der Waals surface area contributed by atoms with Gasteiger partial charge in [-0.1, -0.05) is 6.92 Å². The van der Waals surface area contributed by atoms with Crippen molar-refractivity contribution in [2.24, 2.45) is 5.73 Å². The lowest BCUT2D eigenvalue weighted by Gasteiger charge is -2.30. The maximum atomic E-state index is 11.4. The summed E-state index contributed by atoms with van der Waals surface area (Å²) < 4.78 is 5.40. The van der Waals surface area contributed by atoms with Crippen molar-refractivity contribution in [3.05, 3.63) is 24.2 Å².